The number of nitrogens with one attached hydrogen (secondary N) is 3. The van der Waals surface area contributed by atoms with Gasteiger partial charge in [0.1, 0.15) is 0 Å². The zero-order valence-electron chi connectivity index (χ0n) is 17.1. The van der Waals surface area contributed by atoms with E-state index < -0.39 is 0 Å². The van der Waals surface area contributed by atoms with Crippen LogP contribution in [0.2, 0.25) is 0 Å². The van der Waals surface area contributed by atoms with Crippen molar-refractivity contribution in [1.82, 2.24) is 15.6 Å². The molecule has 5 nitrogen and oxygen atoms in total. The zero-order valence-corrected chi connectivity index (χ0v) is 17.1. The summed E-state index contributed by atoms with van der Waals surface area (Å²) in [5, 5.41) is 8.67. The number of para-hydroxylation sites is 1. The topological polar surface area (TPSA) is 61.4 Å². The number of aromatic nitrogens is 1. The van der Waals surface area contributed by atoms with E-state index in [0.717, 1.165) is 25.5 Å². The van der Waals surface area contributed by atoms with Gasteiger partial charge in [-0.05, 0) is 43.7 Å². The second kappa shape index (κ2) is 7.11. The van der Waals surface area contributed by atoms with Crippen molar-refractivity contribution in [3.63, 3.8) is 0 Å². The molecule has 2 aliphatic carbocycles. The zero-order chi connectivity index (χ0) is 19.1. The molecule has 1 aromatic carbocycles. The second-order valence-electron chi connectivity index (χ2n) is 8.87. The van der Waals surface area contributed by atoms with Crippen molar-refractivity contribution in [1.29, 1.82) is 0 Å². The smallest absolute Gasteiger partial charge is 0.191 e. The normalized spacial score (nSPS) is 28.5. The average molecular weight is 381 g/mol. The van der Waals surface area contributed by atoms with Gasteiger partial charge in [0.2, 0.25) is 0 Å². The van der Waals surface area contributed by atoms with Gasteiger partial charge in [0, 0.05) is 54.7 Å². The lowest BCUT2D eigenvalue weighted by Crippen LogP contribution is -2.69. The lowest BCUT2D eigenvalue weighted by atomic mass is 9.54. The molecule has 3 fully saturated rings. The number of guanidine groups is 1. The Morgan fingerprint density at radius 1 is 1.32 bits per heavy atom. The maximum absolute atomic E-state index is 6.11. The number of fused-ring (bicyclic) bond motifs is 3. The number of H-pyrrole nitrogens is 1. The molecule has 3 aliphatic rings. The number of aryl methyl sites for hydroxylation is 1. The summed E-state index contributed by atoms with van der Waals surface area (Å²) in [6, 6.07) is 7.02. The predicted molar refractivity (Wildman–Crippen MR) is 114 cm³/mol. The Balaban J connectivity index is 1.22. The lowest BCUT2D eigenvalue weighted by Gasteiger charge is -2.57. The van der Waals surface area contributed by atoms with Crippen LogP contribution in [0.1, 0.15) is 43.2 Å². The quantitative estimate of drug-likeness (QED) is 0.562. The van der Waals surface area contributed by atoms with Crippen LogP contribution in [-0.4, -0.2) is 43.3 Å². The highest BCUT2D eigenvalue weighted by atomic mass is 16.5. The van der Waals surface area contributed by atoms with Crippen molar-refractivity contribution in [2.45, 2.75) is 57.6 Å². The third kappa shape index (κ3) is 2.74. The highest BCUT2D eigenvalue weighted by Crippen LogP contribution is 2.60. The molecule has 150 valence electrons. The van der Waals surface area contributed by atoms with Crippen LogP contribution >= 0.6 is 0 Å². The lowest BCUT2D eigenvalue weighted by molar-refractivity contribution is -0.125. The summed E-state index contributed by atoms with van der Waals surface area (Å²) in [6.07, 6.45) is 10.1. The molecular weight excluding hydrogens is 348 g/mol. The summed E-state index contributed by atoms with van der Waals surface area (Å²) in [5.74, 6) is 1.60. The van der Waals surface area contributed by atoms with Gasteiger partial charge in [0.15, 0.2) is 5.96 Å². The van der Waals surface area contributed by atoms with Crippen LogP contribution in [0.4, 0.5) is 0 Å². The van der Waals surface area contributed by atoms with Crippen LogP contribution in [0.3, 0.4) is 0 Å². The van der Waals surface area contributed by atoms with E-state index in [2.05, 4.69) is 51.9 Å². The minimum absolute atomic E-state index is 0.354. The van der Waals surface area contributed by atoms with E-state index in [1.165, 1.54) is 54.1 Å². The van der Waals surface area contributed by atoms with Crippen molar-refractivity contribution in [3.05, 3.63) is 35.5 Å². The largest absolute Gasteiger partial charge is 0.377 e. The Hall–Kier alpha value is -2.01. The molecule has 0 amide bonds. The van der Waals surface area contributed by atoms with Crippen LogP contribution in [0.25, 0.3) is 10.9 Å². The van der Waals surface area contributed by atoms with Crippen LogP contribution in [-0.2, 0) is 11.2 Å². The number of rotatable bonds is 4. The van der Waals surface area contributed by atoms with Crippen molar-refractivity contribution in [3.8, 4) is 0 Å². The van der Waals surface area contributed by atoms with Gasteiger partial charge in [0.25, 0.3) is 0 Å². The molecule has 3 unspecified atom stereocenters. The molecule has 3 atom stereocenters. The minimum Gasteiger partial charge on any atom is -0.377 e. The third-order valence-corrected chi connectivity index (χ3v) is 7.50. The van der Waals surface area contributed by atoms with E-state index >= 15 is 0 Å². The van der Waals surface area contributed by atoms with Gasteiger partial charge in [-0.3, -0.25) is 4.99 Å². The number of benzene rings is 1. The fraction of sp³-hybridized carbons (Fsp3) is 0.609. The molecule has 2 saturated carbocycles. The summed E-state index contributed by atoms with van der Waals surface area (Å²) in [7, 11) is 1.88. The molecule has 0 bridgehead atoms. The van der Waals surface area contributed by atoms with E-state index in [0.29, 0.717) is 23.5 Å². The Morgan fingerprint density at radius 3 is 3.00 bits per heavy atom. The van der Waals surface area contributed by atoms with Crippen LogP contribution < -0.4 is 10.6 Å². The molecule has 28 heavy (non-hydrogen) atoms. The molecule has 2 aromatic rings. The fourth-order valence-electron chi connectivity index (χ4n) is 6.13. The third-order valence-electron chi connectivity index (χ3n) is 7.50. The maximum atomic E-state index is 6.11. The predicted octanol–water partition coefficient (Wildman–Crippen LogP) is 3.53. The molecule has 1 spiro atoms. The van der Waals surface area contributed by atoms with Crippen molar-refractivity contribution in [2.75, 3.05) is 20.2 Å². The number of aromatic amines is 1. The fourth-order valence-corrected chi connectivity index (χ4v) is 6.13. The summed E-state index contributed by atoms with van der Waals surface area (Å²) in [6.45, 7) is 3.97. The number of hydrogen-bond acceptors (Lipinski definition) is 2. The Bertz CT molecular complexity index is 880. The van der Waals surface area contributed by atoms with Crippen LogP contribution in [0.15, 0.2) is 29.4 Å². The summed E-state index contributed by atoms with van der Waals surface area (Å²) in [4.78, 5) is 7.95. The van der Waals surface area contributed by atoms with E-state index in [-0.39, 0.29) is 0 Å². The minimum atomic E-state index is 0.354. The number of aliphatic imine (C=N–C) groups is 1. The van der Waals surface area contributed by atoms with Gasteiger partial charge in [-0.25, -0.2) is 0 Å². The van der Waals surface area contributed by atoms with Gasteiger partial charge < -0.3 is 20.4 Å². The Kier molecular flexibility index (Phi) is 4.58. The number of hydrogen-bond donors (Lipinski definition) is 3. The van der Waals surface area contributed by atoms with Crippen LogP contribution in [0, 0.1) is 18.3 Å². The van der Waals surface area contributed by atoms with Crippen molar-refractivity contribution < 1.29 is 4.74 Å². The first kappa shape index (κ1) is 18.0. The van der Waals surface area contributed by atoms with Gasteiger partial charge >= 0.3 is 0 Å². The monoisotopic (exact) mass is 380 g/mol. The molecule has 3 N–H and O–H groups in total. The van der Waals surface area contributed by atoms with E-state index in [1.807, 2.05) is 7.05 Å². The van der Waals surface area contributed by atoms with Crippen molar-refractivity contribution in [2.24, 2.45) is 16.3 Å². The van der Waals surface area contributed by atoms with Crippen molar-refractivity contribution >= 4 is 16.9 Å². The maximum Gasteiger partial charge on any atom is 0.191 e. The first-order valence-electron chi connectivity index (χ1n) is 10.9. The van der Waals surface area contributed by atoms with Gasteiger partial charge in [-0.15, -0.1) is 0 Å². The van der Waals surface area contributed by atoms with E-state index in [9.17, 15) is 0 Å². The molecule has 5 heteroatoms. The average Bonchev–Trinajstić information content (AvgIpc) is 3.43. The molecule has 1 aromatic heterocycles. The molecule has 2 heterocycles. The first-order chi connectivity index (χ1) is 13.7. The van der Waals surface area contributed by atoms with Crippen LogP contribution in [0.5, 0.6) is 0 Å². The van der Waals surface area contributed by atoms with E-state index in [1.54, 1.807) is 0 Å². The molecule has 0 radical (unpaired) electrons. The number of nitrogens with zero attached hydrogens (tertiary/aromatic N) is 1. The highest BCUT2D eigenvalue weighted by Gasteiger charge is 2.65. The SMILES string of the molecule is CN=C(NCCc1c[nH]c2c(C)cccc12)NC1C2CCOC2C12CCCC2. The van der Waals surface area contributed by atoms with E-state index in [4.69, 9.17) is 4.74 Å². The summed E-state index contributed by atoms with van der Waals surface area (Å²) in [5.41, 5.74) is 4.27. The summed E-state index contributed by atoms with van der Waals surface area (Å²) >= 11 is 0. The molecule has 1 aliphatic heterocycles. The van der Waals surface area contributed by atoms with Gasteiger partial charge in [-0.1, -0.05) is 31.0 Å². The highest BCUT2D eigenvalue weighted by molar-refractivity contribution is 5.86. The van der Waals surface area contributed by atoms with Gasteiger partial charge in [0.05, 0.1) is 6.10 Å². The number of ether oxygens (including phenoxy) is 1. The molecule has 5 rings (SSSR count). The Morgan fingerprint density at radius 2 is 2.18 bits per heavy atom. The van der Waals surface area contributed by atoms with Gasteiger partial charge in [-0.2, -0.15) is 0 Å². The Labute approximate surface area is 167 Å². The standard InChI is InChI=1S/C23H32N4O/c1-15-6-5-7-17-16(14-26-19(15)17)8-12-25-22(24-2)27-20-18-9-13-28-21(18)23(20)10-3-4-11-23/h5-7,14,18,20-21,26H,3-4,8-13H2,1-2H3,(H2,24,25,27). The summed E-state index contributed by atoms with van der Waals surface area (Å²) < 4.78 is 6.11. The molecule has 1 saturated heterocycles. The molecular formula is C23H32N4O. The second-order valence-corrected chi connectivity index (χ2v) is 8.87. The first-order valence-corrected chi connectivity index (χ1v) is 10.9.